The molecule has 134 valence electrons. The van der Waals surface area contributed by atoms with E-state index in [4.69, 9.17) is 5.73 Å². The molecule has 0 fully saturated rings. The average molecular weight is 382 g/mol. The highest BCUT2D eigenvalue weighted by molar-refractivity contribution is 7.89. The Morgan fingerprint density at radius 1 is 1.28 bits per heavy atom. The minimum Gasteiger partial charge on any atom is -0.323 e. The van der Waals surface area contributed by atoms with Gasteiger partial charge in [0.15, 0.2) is 5.78 Å². The van der Waals surface area contributed by atoms with Crippen molar-refractivity contribution in [1.29, 1.82) is 0 Å². The van der Waals surface area contributed by atoms with Crippen molar-refractivity contribution >= 4 is 27.1 Å². The van der Waals surface area contributed by atoms with Gasteiger partial charge in [0, 0.05) is 31.4 Å². The third-order valence-electron chi connectivity index (χ3n) is 4.38. The summed E-state index contributed by atoms with van der Waals surface area (Å²) in [6.45, 7) is 0.0620. The number of fused-ring (bicyclic) bond motifs is 1. The summed E-state index contributed by atoms with van der Waals surface area (Å²) in [5.41, 5.74) is 7.36. The lowest BCUT2D eigenvalue weighted by molar-refractivity contribution is 0.0976. The van der Waals surface area contributed by atoms with Crippen molar-refractivity contribution in [3.05, 3.63) is 51.5 Å². The van der Waals surface area contributed by atoms with Gasteiger partial charge in [-0.2, -0.15) is 4.31 Å². The second kappa shape index (κ2) is 6.95. The molecule has 0 saturated carbocycles. The van der Waals surface area contributed by atoms with Gasteiger partial charge in [-0.25, -0.2) is 12.8 Å². The van der Waals surface area contributed by atoms with Crippen LogP contribution >= 0.6 is 11.3 Å². The molecule has 0 amide bonds. The molecule has 0 aliphatic heterocycles. The molecule has 5 nitrogen and oxygen atoms in total. The second-order valence-electron chi connectivity index (χ2n) is 6.13. The van der Waals surface area contributed by atoms with E-state index in [2.05, 4.69) is 0 Å². The second-order valence-corrected chi connectivity index (χ2v) is 9.02. The smallest absolute Gasteiger partial charge is 0.244 e. The van der Waals surface area contributed by atoms with Crippen molar-refractivity contribution in [2.24, 2.45) is 5.73 Å². The summed E-state index contributed by atoms with van der Waals surface area (Å²) in [6.07, 6.45) is 1.74. The normalized spacial score (nSPS) is 16.1. The van der Waals surface area contributed by atoms with Crippen LogP contribution in [0.4, 0.5) is 4.39 Å². The lowest BCUT2D eigenvalue weighted by Gasteiger charge is -2.22. The number of carbonyl (C=O) groups excluding carboxylic acids is 1. The van der Waals surface area contributed by atoms with Gasteiger partial charge < -0.3 is 5.73 Å². The first-order valence-electron chi connectivity index (χ1n) is 7.91. The summed E-state index contributed by atoms with van der Waals surface area (Å²) in [4.78, 5) is 12.7. The molecule has 0 spiro atoms. The van der Waals surface area contributed by atoms with Crippen molar-refractivity contribution in [3.63, 3.8) is 0 Å². The highest BCUT2D eigenvalue weighted by Crippen LogP contribution is 2.34. The lowest BCUT2D eigenvalue weighted by atomic mass is 9.98. The van der Waals surface area contributed by atoms with Crippen LogP contribution in [0.5, 0.6) is 0 Å². The fourth-order valence-electron chi connectivity index (χ4n) is 2.95. The number of thiophene rings is 1. The van der Waals surface area contributed by atoms with Crippen molar-refractivity contribution in [2.45, 2.75) is 30.2 Å². The number of carbonyl (C=O) groups is 1. The molecule has 2 N–H and O–H groups in total. The van der Waals surface area contributed by atoms with Crippen LogP contribution in [0, 0.1) is 5.82 Å². The molecule has 1 aliphatic rings. The predicted octanol–water partition coefficient (Wildman–Crippen LogP) is 2.73. The van der Waals surface area contributed by atoms with Crippen LogP contribution in [0.1, 0.15) is 39.7 Å². The Balaban J connectivity index is 1.82. The molecule has 1 aliphatic carbocycles. The topological polar surface area (TPSA) is 80.5 Å². The van der Waals surface area contributed by atoms with Crippen molar-refractivity contribution in [2.75, 3.05) is 13.6 Å². The number of nitrogens with two attached hydrogens (primary N) is 1. The quantitative estimate of drug-likeness (QED) is 0.862. The van der Waals surface area contributed by atoms with Gasteiger partial charge in [0.1, 0.15) is 5.82 Å². The standard InChI is InChI=1S/C17H19FN2O3S2/c1-20(9-14(19)11-5-7-12(18)8-6-11)25(22,23)16-10-24-17-13(16)3-2-4-15(17)21/h5-8,10,14H,2-4,9,19H2,1H3. The monoisotopic (exact) mass is 382 g/mol. The Hall–Kier alpha value is -1.61. The summed E-state index contributed by atoms with van der Waals surface area (Å²) < 4.78 is 40.0. The van der Waals surface area contributed by atoms with Crippen molar-refractivity contribution in [1.82, 2.24) is 4.31 Å². The van der Waals surface area contributed by atoms with Crippen LogP contribution in [0.3, 0.4) is 0 Å². The molecule has 1 atom stereocenters. The molecule has 1 heterocycles. The molecule has 0 radical (unpaired) electrons. The molecule has 8 heteroatoms. The molecule has 3 rings (SSSR count). The van der Waals surface area contributed by atoms with E-state index < -0.39 is 16.1 Å². The fourth-order valence-corrected chi connectivity index (χ4v) is 5.81. The molecular formula is C17H19FN2O3S2. The Labute approximate surface area is 150 Å². The van der Waals surface area contributed by atoms with E-state index >= 15 is 0 Å². The van der Waals surface area contributed by atoms with E-state index in [1.807, 2.05) is 0 Å². The summed E-state index contributed by atoms with van der Waals surface area (Å²) >= 11 is 1.19. The molecule has 1 aromatic carbocycles. The number of rotatable bonds is 5. The van der Waals surface area contributed by atoms with E-state index in [-0.39, 0.29) is 23.0 Å². The molecule has 25 heavy (non-hydrogen) atoms. The summed E-state index contributed by atoms with van der Waals surface area (Å²) in [7, 11) is -2.27. The summed E-state index contributed by atoms with van der Waals surface area (Å²) in [6, 6.07) is 5.11. The predicted molar refractivity (Wildman–Crippen MR) is 94.7 cm³/mol. The number of nitrogens with zero attached hydrogens (tertiary/aromatic N) is 1. The van der Waals surface area contributed by atoms with Crippen LogP contribution in [0.15, 0.2) is 34.5 Å². The van der Waals surface area contributed by atoms with E-state index in [0.717, 1.165) is 0 Å². The van der Waals surface area contributed by atoms with Gasteiger partial charge in [-0.05, 0) is 36.1 Å². The Morgan fingerprint density at radius 2 is 1.96 bits per heavy atom. The molecule has 2 aromatic rings. The zero-order valence-corrected chi connectivity index (χ0v) is 15.4. The number of benzene rings is 1. The summed E-state index contributed by atoms with van der Waals surface area (Å²) in [5, 5.41) is 1.54. The summed E-state index contributed by atoms with van der Waals surface area (Å²) in [5.74, 6) is -0.357. The van der Waals surface area contributed by atoms with E-state index in [1.165, 1.54) is 34.8 Å². The third-order valence-corrected chi connectivity index (χ3v) is 7.48. The highest BCUT2D eigenvalue weighted by Gasteiger charge is 2.31. The van der Waals surface area contributed by atoms with Crippen LogP contribution in [-0.2, 0) is 16.4 Å². The van der Waals surface area contributed by atoms with Crippen molar-refractivity contribution in [3.8, 4) is 0 Å². The zero-order chi connectivity index (χ0) is 18.2. The van der Waals surface area contributed by atoms with Crippen LogP contribution in [-0.4, -0.2) is 32.1 Å². The average Bonchev–Trinajstić information content (AvgIpc) is 3.01. The maximum atomic E-state index is 13.0. The minimum absolute atomic E-state index is 0.0124. The molecule has 0 saturated heterocycles. The van der Waals surface area contributed by atoms with Gasteiger partial charge in [0.2, 0.25) is 10.0 Å². The highest BCUT2D eigenvalue weighted by atomic mass is 32.2. The molecule has 1 unspecified atom stereocenters. The maximum absolute atomic E-state index is 13.0. The SMILES string of the molecule is CN(CC(N)c1ccc(F)cc1)S(=O)(=O)c1csc2c1CCCC2=O. The number of sulfonamides is 1. The zero-order valence-electron chi connectivity index (χ0n) is 13.7. The van der Waals surface area contributed by atoms with Gasteiger partial charge in [0.25, 0.3) is 0 Å². The Bertz CT molecular complexity index is 891. The number of hydrogen-bond donors (Lipinski definition) is 1. The third kappa shape index (κ3) is 3.52. The van der Waals surface area contributed by atoms with Gasteiger partial charge in [-0.15, -0.1) is 11.3 Å². The fraction of sp³-hybridized carbons (Fsp3) is 0.353. The van der Waals surface area contributed by atoms with Gasteiger partial charge in [0.05, 0.1) is 9.77 Å². The number of ketones is 1. The maximum Gasteiger partial charge on any atom is 0.244 e. The Kier molecular flexibility index (Phi) is 5.06. The number of Topliss-reactive ketones (excluding diaryl/α,β-unsaturated/α-hetero) is 1. The first-order chi connectivity index (χ1) is 11.8. The number of likely N-dealkylation sites (N-methyl/N-ethyl adjacent to an activating group) is 1. The van der Waals surface area contributed by atoms with Crippen molar-refractivity contribution < 1.29 is 17.6 Å². The Morgan fingerprint density at radius 3 is 2.64 bits per heavy atom. The largest absolute Gasteiger partial charge is 0.323 e. The first kappa shape index (κ1) is 18.2. The van der Waals surface area contributed by atoms with Crippen LogP contribution in [0.2, 0.25) is 0 Å². The lowest BCUT2D eigenvalue weighted by Crippen LogP contribution is -2.34. The molecular weight excluding hydrogens is 363 g/mol. The van der Waals surface area contributed by atoms with E-state index in [0.29, 0.717) is 35.3 Å². The molecule has 1 aromatic heterocycles. The number of halogens is 1. The van der Waals surface area contributed by atoms with Gasteiger partial charge >= 0.3 is 0 Å². The van der Waals surface area contributed by atoms with E-state index in [1.54, 1.807) is 17.5 Å². The van der Waals surface area contributed by atoms with Crippen LogP contribution in [0.25, 0.3) is 0 Å². The minimum atomic E-state index is -3.73. The number of hydrogen-bond acceptors (Lipinski definition) is 5. The van der Waals surface area contributed by atoms with Crippen LogP contribution < -0.4 is 5.73 Å². The van der Waals surface area contributed by atoms with Gasteiger partial charge in [-0.1, -0.05) is 12.1 Å². The molecule has 0 bridgehead atoms. The first-order valence-corrected chi connectivity index (χ1v) is 10.2. The van der Waals surface area contributed by atoms with E-state index in [9.17, 15) is 17.6 Å². The van der Waals surface area contributed by atoms with Gasteiger partial charge in [-0.3, -0.25) is 4.79 Å².